The number of hydrogen-bond donors (Lipinski definition) is 8. The van der Waals surface area contributed by atoms with Crippen molar-refractivity contribution in [3.05, 3.63) is 93.0 Å². The molecule has 0 radical (unpaired) electrons. The molecule has 5 heterocycles. The number of rotatable bonds is 24. The molecule has 7 aromatic rings. The van der Waals surface area contributed by atoms with Gasteiger partial charge in [0.25, 0.3) is 0 Å². The number of aliphatic carboxylic acids is 8. The first kappa shape index (κ1) is 57.8. The van der Waals surface area contributed by atoms with Crippen LogP contribution in [-0.4, -0.2) is 119 Å². The maximum atomic E-state index is 12.0. The van der Waals surface area contributed by atoms with Crippen LogP contribution in [0.1, 0.15) is 95.9 Å². The molecule has 24 nitrogen and oxygen atoms in total. The molecule has 0 aliphatic carbocycles. The summed E-state index contributed by atoms with van der Waals surface area (Å²) in [5.41, 5.74) is 5.10. The fourth-order valence-corrected chi connectivity index (χ4v) is 10.00. The summed E-state index contributed by atoms with van der Waals surface area (Å²) in [6.45, 7) is 0. The van der Waals surface area contributed by atoms with Crippen LogP contribution in [0, 0.1) is 0 Å². The van der Waals surface area contributed by atoms with Crippen molar-refractivity contribution in [3.8, 4) is 45.6 Å². The maximum Gasteiger partial charge on any atom is 2.00 e. The summed E-state index contributed by atoms with van der Waals surface area (Å²) in [6, 6.07) is 13.2. The molecule has 0 amide bonds. The van der Waals surface area contributed by atoms with E-state index in [1.54, 1.807) is 48.5 Å². The van der Waals surface area contributed by atoms with E-state index in [0.717, 1.165) is 0 Å². The summed E-state index contributed by atoms with van der Waals surface area (Å²) >= 11 is 0. The van der Waals surface area contributed by atoms with E-state index in [-0.39, 0.29) is 168 Å². The summed E-state index contributed by atoms with van der Waals surface area (Å²) < 4.78 is 0. The van der Waals surface area contributed by atoms with Crippen molar-refractivity contribution in [2.75, 3.05) is 0 Å². The third kappa shape index (κ3) is 13.2. The SMILES string of the molecule is O=C(O)CCc1cc2c(cc1CCC(=O)O)-c1nc-2nc2[n-]c(nc3nc(nc4[n-]c(n1)c1cc(CCC(=O)O)c(CCC(=O)O)cc41)-c1cc(CCC(=O)O)c(CCC(=O)O)cc1-3)c1cc(CCC(=O)O)c(CCC(=O)O)cc21.[Zn+2]. The minimum atomic E-state index is -1.11. The van der Waals surface area contributed by atoms with Crippen molar-refractivity contribution in [1.82, 2.24) is 39.9 Å². The minimum Gasteiger partial charge on any atom is -0.481 e. The van der Waals surface area contributed by atoms with Crippen molar-refractivity contribution in [2.45, 2.75) is 103 Å². The average molecular weight is 1150 g/mol. The number of aryl methyl sites for hydroxylation is 8. The second-order valence-corrected chi connectivity index (χ2v) is 19.3. The van der Waals surface area contributed by atoms with Crippen LogP contribution < -0.4 is 9.97 Å². The number of hydrogen-bond acceptors (Lipinski definition) is 14. The average Bonchev–Trinajstić information content (AvgIpc) is 4.11. The Morgan fingerprint density at radius 1 is 0.272 bits per heavy atom. The van der Waals surface area contributed by atoms with E-state index < -0.39 is 47.8 Å². The first-order valence-electron chi connectivity index (χ1n) is 25.3. The van der Waals surface area contributed by atoms with E-state index >= 15 is 0 Å². The van der Waals surface area contributed by atoms with Crippen molar-refractivity contribution >= 4 is 91.9 Å². The number of carboxylic acids is 8. The van der Waals surface area contributed by atoms with E-state index in [1.807, 2.05) is 0 Å². The molecule has 81 heavy (non-hydrogen) atoms. The van der Waals surface area contributed by atoms with E-state index in [2.05, 4.69) is 0 Å². The molecule has 9 rings (SSSR count). The Hall–Kier alpha value is -9.38. The first-order valence-corrected chi connectivity index (χ1v) is 25.3. The van der Waals surface area contributed by atoms with Gasteiger partial charge >= 0.3 is 67.2 Å². The molecule has 0 atom stereocenters. The Kier molecular flexibility index (Phi) is 17.4. The van der Waals surface area contributed by atoms with Crippen LogP contribution in [0.5, 0.6) is 0 Å². The topological polar surface area (TPSA) is 404 Å². The Balaban J connectivity index is 0.00000860. The Labute approximate surface area is 469 Å². The smallest absolute Gasteiger partial charge is 0.481 e. The van der Waals surface area contributed by atoms with Gasteiger partial charge in [-0.05, 0) is 166 Å². The van der Waals surface area contributed by atoms with Crippen LogP contribution >= 0.6 is 0 Å². The molecule has 3 aromatic heterocycles. The zero-order valence-electron chi connectivity index (χ0n) is 43.1. The summed E-state index contributed by atoms with van der Waals surface area (Å²) in [5.74, 6) is -8.93. The molecular formula is C56H48N8O16Zn. The fraction of sp³-hybridized carbons (Fsp3) is 0.286. The summed E-state index contributed by atoms with van der Waals surface area (Å²) in [7, 11) is 0. The number of fused-ring (bicyclic) bond motifs is 20. The van der Waals surface area contributed by atoms with Gasteiger partial charge in [-0.2, -0.15) is 0 Å². The Bertz CT molecular complexity index is 3490. The van der Waals surface area contributed by atoms with Gasteiger partial charge in [0.2, 0.25) is 0 Å². The second-order valence-electron chi connectivity index (χ2n) is 19.3. The first-order chi connectivity index (χ1) is 38.2. The third-order valence-electron chi connectivity index (χ3n) is 13.8. The minimum absolute atomic E-state index is 0. The second kappa shape index (κ2) is 24.3. The third-order valence-corrected chi connectivity index (χ3v) is 13.8. The molecule has 2 aliphatic heterocycles. The van der Waals surface area contributed by atoms with Gasteiger partial charge in [-0.3, -0.25) is 38.4 Å². The Morgan fingerprint density at radius 3 is 0.593 bits per heavy atom. The maximum absolute atomic E-state index is 12.0. The summed E-state index contributed by atoms with van der Waals surface area (Å²) in [6.07, 6.45) is -2.73. The quantitative estimate of drug-likeness (QED) is 0.0309. The summed E-state index contributed by atoms with van der Waals surface area (Å²) in [5, 5.41) is 79.4. The zero-order valence-corrected chi connectivity index (χ0v) is 46.0. The molecule has 8 bridgehead atoms. The molecule has 0 unspecified atom stereocenters. The molecule has 8 N–H and O–H groups in total. The zero-order chi connectivity index (χ0) is 57.1. The van der Waals surface area contributed by atoms with Gasteiger partial charge in [0, 0.05) is 96.2 Å². The standard InChI is InChI=1S/C56H50N8O16.Zn/c65-41(66)9-1-25-17-33-34(18-26(25)2-10-42(67)68)50-57-49(33)61-51-35-19-27(3-11-43(69)70)28(4-12-44(71)72)20-36(35)53(58-51)63-55-39-23-31(7-15-47(77)78)32(8-16-48(79)80)24-40(39)56(60-55)64-54-38-22-30(6-14-46(75)76)29(5-13-45(73)74)21-37(38)52(59-54)62-50;/h17-24H,1-16H2,(H10,57,58,59,60,61,62,63,64,65,66,67,68,69,70,71,72,73,74,75,76,77,78,79,80);/q;+2/p-2. The van der Waals surface area contributed by atoms with Crippen LogP contribution in [0.2, 0.25) is 0 Å². The molecule has 0 saturated carbocycles. The number of carbonyl (C=O) groups is 8. The van der Waals surface area contributed by atoms with Gasteiger partial charge < -0.3 is 70.8 Å². The summed E-state index contributed by atoms with van der Waals surface area (Å²) in [4.78, 5) is 135. The van der Waals surface area contributed by atoms with E-state index in [0.29, 0.717) is 88.3 Å². The molecular weight excluding hydrogens is 1110 g/mol. The van der Waals surface area contributed by atoms with Gasteiger partial charge in [-0.1, -0.05) is 0 Å². The fourth-order valence-electron chi connectivity index (χ4n) is 10.00. The molecule has 0 spiro atoms. The van der Waals surface area contributed by atoms with Crippen molar-refractivity contribution < 1.29 is 98.7 Å². The molecule has 0 fully saturated rings. The van der Waals surface area contributed by atoms with Crippen LogP contribution in [-0.2, 0) is 109 Å². The van der Waals surface area contributed by atoms with Crippen molar-refractivity contribution in [3.63, 3.8) is 0 Å². The number of aromatic nitrogens is 8. The molecule has 2 aliphatic rings. The van der Waals surface area contributed by atoms with E-state index in [9.17, 15) is 79.2 Å². The number of nitrogens with zero attached hydrogens (tertiary/aromatic N) is 8. The predicted molar refractivity (Wildman–Crippen MR) is 282 cm³/mol. The Morgan fingerprint density at radius 2 is 0.432 bits per heavy atom. The number of carboxylic acid groups (broad SMARTS) is 8. The van der Waals surface area contributed by atoms with Crippen molar-refractivity contribution in [1.29, 1.82) is 0 Å². The van der Waals surface area contributed by atoms with Crippen LogP contribution in [0.3, 0.4) is 0 Å². The van der Waals surface area contributed by atoms with Gasteiger partial charge in [0.1, 0.15) is 0 Å². The molecule has 25 heteroatoms. The van der Waals surface area contributed by atoms with Gasteiger partial charge in [0.05, 0.1) is 23.3 Å². The molecule has 0 saturated heterocycles. The van der Waals surface area contributed by atoms with Gasteiger partial charge in [0.15, 0.2) is 0 Å². The van der Waals surface area contributed by atoms with Crippen LogP contribution in [0.25, 0.3) is 89.7 Å². The van der Waals surface area contributed by atoms with Gasteiger partial charge in [-0.25, -0.2) is 9.97 Å². The monoisotopic (exact) mass is 1150 g/mol. The van der Waals surface area contributed by atoms with Crippen LogP contribution in [0.15, 0.2) is 48.5 Å². The predicted octanol–water partition coefficient (Wildman–Crippen LogP) is 6.26. The van der Waals surface area contributed by atoms with Crippen molar-refractivity contribution in [2.24, 2.45) is 0 Å². The van der Waals surface area contributed by atoms with E-state index in [1.165, 1.54) is 0 Å². The van der Waals surface area contributed by atoms with E-state index in [4.69, 9.17) is 39.9 Å². The largest absolute Gasteiger partial charge is 2.00 e. The normalized spacial score (nSPS) is 11.5. The number of benzene rings is 4. The van der Waals surface area contributed by atoms with Crippen LogP contribution in [0.4, 0.5) is 0 Å². The van der Waals surface area contributed by atoms with Gasteiger partial charge in [-0.15, -0.1) is 0 Å². The molecule has 410 valence electrons. The molecule has 4 aromatic carbocycles.